The van der Waals surface area contributed by atoms with E-state index < -0.39 is 5.60 Å². The Morgan fingerprint density at radius 3 is 2.77 bits per heavy atom. The zero-order chi connectivity index (χ0) is 20.7. The van der Waals surface area contributed by atoms with E-state index >= 15 is 0 Å². The summed E-state index contributed by atoms with van der Waals surface area (Å²) < 4.78 is 13.2. The van der Waals surface area contributed by atoms with E-state index in [2.05, 4.69) is 39.0 Å². The minimum absolute atomic E-state index is 0.265. The quantitative estimate of drug-likeness (QED) is 0.671. The Labute approximate surface area is 177 Å². The standard InChI is InChI=1S/C25H30FN3O/c1-25(30,18-7-9-19(26)10-8-18)11-4-12-28-13-14-29-17-24-22(15-20(29)16-28)21-5-2-3-6-23(21)27-24/h2-3,5-10,20,27,30H,4,11-17H2,1H3. The fourth-order valence-corrected chi connectivity index (χ4v) is 5.22. The highest BCUT2D eigenvalue weighted by Crippen LogP contribution is 2.32. The van der Waals surface area contributed by atoms with Crippen LogP contribution in [0.15, 0.2) is 48.5 Å². The average molecular weight is 408 g/mol. The number of nitrogens with zero attached hydrogens (tertiary/aromatic N) is 2. The summed E-state index contributed by atoms with van der Waals surface area (Å²) in [5.41, 5.74) is 4.00. The summed E-state index contributed by atoms with van der Waals surface area (Å²) in [6, 6.07) is 15.4. The molecule has 2 atom stereocenters. The van der Waals surface area contributed by atoms with E-state index in [0.717, 1.165) is 51.1 Å². The number of fused-ring (bicyclic) bond motifs is 4. The summed E-state index contributed by atoms with van der Waals surface area (Å²) in [6.07, 6.45) is 2.70. The second-order valence-corrected chi connectivity index (χ2v) is 9.14. The van der Waals surface area contributed by atoms with Gasteiger partial charge in [-0.25, -0.2) is 4.39 Å². The molecule has 5 heteroatoms. The van der Waals surface area contributed by atoms with E-state index in [1.807, 2.05) is 6.92 Å². The van der Waals surface area contributed by atoms with Gasteiger partial charge < -0.3 is 15.0 Å². The van der Waals surface area contributed by atoms with Gasteiger partial charge >= 0.3 is 0 Å². The smallest absolute Gasteiger partial charge is 0.123 e. The summed E-state index contributed by atoms with van der Waals surface area (Å²) >= 11 is 0. The highest BCUT2D eigenvalue weighted by atomic mass is 19.1. The van der Waals surface area contributed by atoms with Crippen LogP contribution in [-0.4, -0.2) is 52.1 Å². The molecule has 5 rings (SSSR count). The van der Waals surface area contributed by atoms with Gasteiger partial charge in [-0.05, 0) is 62.1 Å². The van der Waals surface area contributed by atoms with E-state index in [9.17, 15) is 9.50 Å². The van der Waals surface area contributed by atoms with Crippen molar-refractivity contribution < 1.29 is 9.50 Å². The molecule has 1 saturated heterocycles. The molecule has 2 unspecified atom stereocenters. The van der Waals surface area contributed by atoms with E-state index in [0.29, 0.717) is 12.5 Å². The van der Waals surface area contributed by atoms with Gasteiger partial charge in [0.05, 0.1) is 5.60 Å². The Hall–Kier alpha value is -2.21. The fraction of sp³-hybridized carbons (Fsp3) is 0.440. The largest absolute Gasteiger partial charge is 0.385 e. The molecule has 0 radical (unpaired) electrons. The molecule has 30 heavy (non-hydrogen) atoms. The number of H-pyrrole nitrogens is 1. The maximum Gasteiger partial charge on any atom is 0.123 e. The summed E-state index contributed by atoms with van der Waals surface area (Å²) in [6.45, 7) is 7.08. The van der Waals surface area contributed by atoms with Crippen LogP contribution in [0.25, 0.3) is 10.9 Å². The van der Waals surface area contributed by atoms with E-state index in [4.69, 9.17) is 0 Å². The molecule has 1 fully saturated rings. The normalized spacial score (nSPS) is 21.9. The summed E-state index contributed by atoms with van der Waals surface area (Å²) in [5, 5.41) is 12.2. The third-order valence-corrected chi connectivity index (χ3v) is 7.00. The highest BCUT2D eigenvalue weighted by molar-refractivity contribution is 5.84. The molecule has 3 heterocycles. The SMILES string of the molecule is CC(O)(CCCN1CCN2Cc3[nH]c4ccccc4c3CC2C1)c1ccc(F)cc1. The molecule has 0 amide bonds. The maximum absolute atomic E-state index is 13.2. The molecule has 158 valence electrons. The zero-order valence-electron chi connectivity index (χ0n) is 17.6. The molecule has 0 spiro atoms. The molecular formula is C25H30FN3O. The Bertz CT molecular complexity index is 1030. The Morgan fingerprint density at radius 1 is 1.13 bits per heavy atom. The van der Waals surface area contributed by atoms with Gasteiger partial charge in [-0.2, -0.15) is 0 Å². The summed E-state index contributed by atoms with van der Waals surface area (Å²) in [4.78, 5) is 8.78. The van der Waals surface area contributed by atoms with Crippen molar-refractivity contribution in [2.24, 2.45) is 0 Å². The molecule has 2 N–H and O–H groups in total. The van der Waals surface area contributed by atoms with Gasteiger partial charge in [-0.1, -0.05) is 30.3 Å². The minimum atomic E-state index is -0.917. The molecule has 1 aromatic heterocycles. The first-order chi connectivity index (χ1) is 14.5. The van der Waals surface area contributed by atoms with E-state index in [-0.39, 0.29) is 5.82 Å². The Morgan fingerprint density at radius 2 is 1.93 bits per heavy atom. The van der Waals surface area contributed by atoms with Crippen LogP contribution in [0.3, 0.4) is 0 Å². The number of rotatable bonds is 5. The second kappa shape index (κ2) is 7.80. The number of halogens is 1. The molecule has 2 aliphatic rings. The topological polar surface area (TPSA) is 42.5 Å². The first-order valence-electron chi connectivity index (χ1n) is 11.0. The van der Waals surface area contributed by atoms with Gasteiger partial charge in [-0.3, -0.25) is 4.90 Å². The monoisotopic (exact) mass is 407 g/mol. The molecule has 4 nitrogen and oxygen atoms in total. The number of piperazine rings is 1. The van der Waals surface area contributed by atoms with Crippen molar-refractivity contribution in [2.75, 3.05) is 26.2 Å². The van der Waals surface area contributed by atoms with E-state index in [1.54, 1.807) is 12.1 Å². The van der Waals surface area contributed by atoms with Crippen LogP contribution in [0.2, 0.25) is 0 Å². The lowest BCUT2D eigenvalue weighted by atomic mass is 9.90. The van der Waals surface area contributed by atoms with Gasteiger partial charge in [0, 0.05) is 48.8 Å². The lowest BCUT2D eigenvalue weighted by Gasteiger charge is -2.44. The number of aromatic amines is 1. The van der Waals surface area contributed by atoms with Crippen LogP contribution in [0, 0.1) is 5.82 Å². The van der Waals surface area contributed by atoms with Crippen LogP contribution in [0.1, 0.15) is 36.6 Å². The molecule has 0 bridgehead atoms. The number of aromatic nitrogens is 1. The lowest BCUT2D eigenvalue weighted by Crippen LogP contribution is -2.55. The number of hydrogen-bond acceptors (Lipinski definition) is 3. The van der Waals surface area contributed by atoms with Crippen LogP contribution in [0.4, 0.5) is 4.39 Å². The van der Waals surface area contributed by atoms with Gasteiger partial charge in [-0.15, -0.1) is 0 Å². The van der Waals surface area contributed by atoms with Crippen molar-refractivity contribution in [3.63, 3.8) is 0 Å². The maximum atomic E-state index is 13.2. The van der Waals surface area contributed by atoms with E-state index in [1.165, 1.54) is 34.3 Å². The van der Waals surface area contributed by atoms with Crippen LogP contribution in [-0.2, 0) is 18.6 Å². The van der Waals surface area contributed by atoms with Crippen molar-refractivity contribution in [1.82, 2.24) is 14.8 Å². The Kier molecular flexibility index (Phi) is 5.13. The van der Waals surface area contributed by atoms with Crippen LogP contribution >= 0.6 is 0 Å². The third-order valence-electron chi connectivity index (χ3n) is 7.00. The predicted molar refractivity (Wildman–Crippen MR) is 118 cm³/mol. The number of para-hydroxylation sites is 1. The Balaban J connectivity index is 1.19. The van der Waals surface area contributed by atoms with Crippen molar-refractivity contribution >= 4 is 10.9 Å². The number of hydrogen-bond donors (Lipinski definition) is 2. The third kappa shape index (κ3) is 3.78. The minimum Gasteiger partial charge on any atom is -0.385 e. The van der Waals surface area contributed by atoms with Gasteiger partial charge in [0.1, 0.15) is 5.82 Å². The number of aliphatic hydroxyl groups is 1. The molecule has 3 aromatic rings. The highest BCUT2D eigenvalue weighted by Gasteiger charge is 2.33. The number of benzene rings is 2. The van der Waals surface area contributed by atoms with Crippen molar-refractivity contribution in [1.29, 1.82) is 0 Å². The first-order valence-corrected chi connectivity index (χ1v) is 11.0. The molecular weight excluding hydrogens is 377 g/mol. The van der Waals surface area contributed by atoms with Gasteiger partial charge in [0.25, 0.3) is 0 Å². The number of nitrogens with one attached hydrogen (secondary N) is 1. The predicted octanol–water partition coefficient (Wildman–Crippen LogP) is 4.04. The van der Waals surface area contributed by atoms with Crippen LogP contribution < -0.4 is 0 Å². The van der Waals surface area contributed by atoms with Crippen molar-refractivity contribution in [3.05, 3.63) is 71.2 Å². The van der Waals surface area contributed by atoms with Crippen molar-refractivity contribution in [3.8, 4) is 0 Å². The first kappa shape index (κ1) is 19.7. The second-order valence-electron chi connectivity index (χ2n) is 9.14. The summed E-state index contributed by atoms with van der Waals surface area (Å²) in [7, 11) is 0. The zero-order valence-corrected chi connectivity index (χ0v) is 17.6. The lowest BCUT2D eigenvalue weighted by molar-refractivity contribution is 0.0311. The average Bonchev–Trinajstić information content (AvgIpc) is 3.10. The fourth-order valence-electron chi connectivity index (χ4n) is 5.22. The van der Waals surface area contributed by atoms with Crippen molar-refractivity contribution in [2.45, 2.75) is 44.4 Å². The van der Waals surface area contributed by atoms with Gasteiger partial charge in [0.2, 0.25) is 0 Å². The summed E-state index contributed by atoms with van der Waals surface area (Å²) in [5.74, 6) is -0.265. The molecule has 0 aliphatic carbocycles. The molecule has 2 aromatic carbocycles. The van der Waals surface area contributed by atoms with Crippen LogP contribution in [0.5, 0.6) is 0 Å². The molecule has 2 aliphatic heterocycles. The van der Waals surface area contributed by atoms with Gasteiger partial charge in [0.15, 0.2) is 0 Å². The molecule has 0 saturated carbocycles.